The number of rotatable bonds is 7. The number of hydrogen-bond acceptors (Lipinski definition) is 7. The molecule has 1 atom stereocenters. The van der Waals surface area contributed by atoms with Crippen molar-refractivity contribution in [2.24, 2.45) is 0 Å². The van der Waals surface area contributed by atoms with Gasteiger partial charge in [-0.25, -0.2) is 8.42 Å². The number of nitrogens with one attached hydrogen (secondary N) is 1. The van der Waals surface area contributed by atoms with Crippen LogP contribution in [0.4, 0.5) is 10.8 Å². The lowest BCUT2D eigenvalue weighted by Crippen LogP contribution is -2.45. The average Bonchev–Trinajstić information content (AvgIpc) is 2.92. The Hall–Kier alpha value is -1.65. The number of anilines is 2. The van der Waals surface area contributed by atoms with Crippen molar-refractivity contribution in [2.45, 2.75) is 38.1 Å². The van der Waals surface area contributed by atoms with Crippen LogP contribution >= 0.6 is 23.1 Å². The second-order valence-electron chi connectivity index (χ2n) is 5.88. The molecule has 0 bridgehead atoms. The number of carbonyl (C=O) groups is 1. The molecule has 0 aliphatic heterocycles. The molecule has 1 aromatic carbocycles. The van der Waals surface area contributed by atoms with E-state index >= 15 is 0 Å². The van der Waals surface area contributed by atoms with Gasteiger partial charge < -0.3 is 0 Å². The molecule has 7 nitrogen and oxygen atoms in total. The molecule has 26 heavy (non-hydrogen) atoms. The molecular formula is C16H22N4O3S3. The summed E-state index contributed by atoms with van der Waals surface area (Å²) in [5.74, 6) is 0.395. The Balaban J connectivity index is 2.28. The molecule has 0 aliphatic rings. The Kier molecular flexibility index (Phi) is 6.64. The lowest BCUT2D eigenvalue weighted by molar-refractivity contribution is -0.116. The van der Waals surface area contributed by atoms with Gasteiger partial charge in [0.15, 0.2) is 4.34 Å². The Bertz CT molecular complexity index is 876. The van der Waals surface area contributed by atoms with Crippen LogP contribution in [0, 0.1) is 13.8 Å². The van der Waals surface area contributed by atoms with Crippen LogP contribution < -0.4 is 9.62 Å². The third-order valence-corrected chi connectivity index (χ3v) is 6.55. The second kappa shape index (κ2) is 8.36. The van der Waals surface area contributed by atoms with E-state index in [9.17, 15) is 13.2 Å². The Morgan fingerprint density at radius 2 is 1.88 bits per heavy atom. The number of amides is 1. The van der Waals surface area contributed by atoms with Crippen molar-refractivity contribution in [1.82, 2.24) is 10.2 Å². The highest BCUT2D eigenvalue weighted by Crippen LogP contribution is 2.27. The third kappa shape index (κ3) is 5.18. The first kappa shape index (κ1) is 20.7. The monoisotopic (exact) mass is 414 g/mol. The maximum Gasteiger partial charge on any atom is 0.249 e. The minimum absolute atomic E-state index is 0.353. The number of nitrogens with zero attached hydrogens (tertiary/aromatic N) is 3. The second-order valence-corrected chi connectivity index (χ2v) is 10.2. The van der Waals surface area contributed by atoms with Gasteiger partial charge in [-0.3, -0.25) is 14.4 Å². The lowest BCUT2D eigenvalue weighted by Gasteiger charge is -2.28. The van der Waals surface area contributed by atoms with Crippen molar-refractivity contribution < 1.29 is 13.2 Å². The van der Waals surface area contributed by atoms with Gasteiger partial charge >= 0.3 is 0 Å². The molecule has 0 radical (unpaired) electrons. The first-order valence-corrected chi connectivity index (χ1v) is 11.6. The zero-order chi connectivity index (χ0) is 19.5. The van der Waals surface area contributed by atoms with Crippen molar-refractivity contribution in [3.8, 4) is 0 Å². The molecule has 0 aliphatic carbocycles. The fraction of sp³-hybridized carbons (Fsp3) is 0.438. The van der Waals surface area contributed by atoms with Gasteiger partial charge in [-0.1, -0.05) is 36.1 Å². The molecule has 0 saturated carbocycles. The van der Waals surface area contributed by atoms with E-state index in [0.29, 0.717) is 10.8 Å². The zero-order valence-electron chi connectivity index (χ0n) is 15.3. The predicted molar refractivity (Wildman–Crippen MR) is 108 cm³/mol. The largest absolute Gasteiger partial charge is 0.299 e. The fourth-order valence-electron chi connectivity index (χ4n) is 2.54. The Labute approximate surface area is 162 Å². The quantitative estimate of drug-likeness (QED) is 0.553. The van der Waals surface area contributed by atoms with Crippen LogP contribution in [0.2, 0.25) is 0 Å². The maximum absolute atomic E-state index is 12.6. The van der Waals surface area contributed by atoms with Gasteiger partial charge in [0.2, 0.25) is 21.1 Å². The normalized spacial score (nSPS) is 12.7. The highest BCUT2D eigenvalue weighted by atomic mass is 32.2. The van der Waals surface area contributed by atoms with Crippen molar-refractivity contribution in [3.63, 3.8) is 0 Å². The van der Waals surface area contributed by atoms with Crippen LogP contribution in [-0.2, 0) is 14.8 Å². The van der Waals surface area contributed by atoms with E-state index < -0.39 is 22.0 Å². The SMILES string of the molecule is CCSc1nnc(NC(=O)[C@@H](C)N(c2cc(C)cc(C)c2)S(C)(=O)=O)s1. The lowest BCUT2D eigenvalue weighted by atomic mass is 10.1. The van der Waals surface area contributed by atoms with Gasteiger partial charge in [0, 0.05) is 0 Å². The maximum atomic E-state index is 12.6. The molecule has 0 unspecified atom stereocenters. The number of carbonyl (C=O) groups excluding carboxylic acids is 1. The topological polar surface area (TPSA) is 92.3 Å². The number of hydrogen-bond donors (Lipinski definition) is 1. The summed E-state index contributed by atoms with van der Waals surface area (Å²) in [6.45, 7) is 7.32. The molecule has 0 fully saturated rings. The minimum Gasteiger partial charge on any atom is -0.299 e. The molecule has 142 valence electrons. The molecule has 2 aromatic rings. The van der Waals surface area contributed by atoms with Crippen LogP contribution in [0.1, 0.15) is 25.0 Å². The Morgan fingerprint density at radius 1 is 1.27 bits per heavy atom. The van der Waals surface area contributed by atoms with Crippen LogP contribution in [-0.4, -0.2) is 42.6 Å². The van der Waals surface area contributed by atoms with Gasteiger partial charge in [0.25, 0.3) is 0 Å². The van der Waals surface area contributed by atoms with Crippen LogP contribution in [0.25, 0.3) is 0 Å². The Morgan fingerprint density at radius 3 is 2.42 bits per heavy atom. The number of aromatic nitrogens is 2. The van der Waals surface area contributed by atoms with E-state index in [0.717, 1.165) is 31.8 Å². The number of aryl methyl sites for hydroxylation is 2. The summed E-state index contributed by atoms with van der Waals surface area (Å²) in [6, 6.07) is 4.51. The summed E-state index contributed by atoms with van der Waals surface area (Å²) >= 11 is 2.79. The first-order chi connectivity index (χ1) is 12.1. The van der Waals surface area contributed by atoms with Crippen molar-refractivity contribution in [1.29, 1.82) is 0 Å². The standard InChI is InChI=1S/C16H22N4O3S3/c1-6-24-16-19-18-15(25-16)17-14(21)12(4)20(26(5,22)23)13-8-10(2)7-11(3)9-13/h7-9,12H,6H2,1-5H3,(H,17,18,21)/t12-/m1/s1. The molecular weight excluding hydrogens is 392 g/mol. The van der Waals surface area contributed by atoms with Gasteiger partial charge in [-0.15, -0.1) is 10.2 Å². The van der Waals surface area contributed by atoms with E-state index in [2.05, 4.69) is 15.5 Å². The molecule has 10 heteroatoms. The van der Waals surface area contributed by atoms with E-state index in [1.54, 1.807) is 19.1 Å². The fourth-order valence-corrected chi connectivity index (χ4v) is 5.35. The highest BCUT2D eigenvalue weighted by molar-refractivity contribution is 8.01. The van der Waals surface area contributed by atoms with E-state index in [1.165, 1.54) is 23.1 Å². The minimum atomic E-state index is -3.66. The summed E-state index contributed by atoms with van der Waals surface area (Å²) < 4.78 is 26.6. The highest BCUT2D eigenvalue weighted by Gasteiger charge is 2.30. The number of benzene rings is 1. The molecule has 2 rings (SSSR count). The summed E-state index contributed by atoms with van der Waals surface area (Å²) in [4.78, 5) is 12.6. The predicted octanol–water partition coefficient (Wildman–Crippen LogP) is 3.06. The van der Waals surface area contributed by atoms with Gasteiger partial charge in [-0.05, 0) is 49.8 Å². The summed E-state index contributed by atoms with van der Waals surface area (Å²) in [6.07, 6.45) is 1.09. The van der Waals surface area contributed by atoms with Crippen LogP contribution in [0.3, 0.4) is 0 Å². The van der Waals surface area contributed by atoms with Gasteiger partial charge in [0.1, 0.15) is 6.04 Å². The van der Waals surface area contributed by atoms with Gasteiger partial charge in [0.05, 0.1) is 11.9 Å². The van der Waals surface area contributed by atoms with Crippen molar-refractivity contribution in [3.05, 3.63) is 29.3 Å². The van der Waals surface area contributed by atoms with Crippen LogP contribution in [0.5, 0.6) is 0 Å². The van der Waals surface area contributed by atoms with Gasteiger partial charge in [-0.2, -0.15) is 0 Å². The average molecular weight is 415 g/mol. The molecule has 0 spiro atoms. The van der Waals surface area contributed by atoms with Crippen molar-refractivity contribution in [2.75, 3.05) is 21.6 Å². The summed E-state index contributed by atoms with van der Waals surface area (Å²) in [7, 11) is -3.66. The molecule has 0 saturated heterocycles. The first-order valence-electron chi connectivity index (χ1n) is 7.96. The third-order valence-electron chi connectivity index (χ3n) is 3.45. The van der Waals surface area contributed by atoms with E-state index in [4.69, 9.17) is 0 Å². The summed E-state index contributed by atoms with van der Waals surface area (Å²) in [5.41, 5.74) is 2.31. The van der Waals surface area contributed by atoms with E-state index in [-0.39, 0.29) is 0 Å². The molecule has 1 heterocycles. The van der Waals surface area contributed by atoms with Crippen molar-refractivity contribution >= 4 is 49.8 Å². The smallest absolute Gasteiger partial charge is 0.249 e. The number of sulfonamides is 1. The summed E-state index contributed by atoms with van der Waals surface area (Å²) in [5, 5.41) is 10.9. The number of thioether (sulfide) groups is 1. The molecule has 1 amide bonds. The van der Waals surface area contributed by atoms with Crippen LogP contribution in [0.15, 0.2) is 22.5 Å². The molecule has 1 aromatic heterocycles. The molecule has 1 N–H and O–H groups in total. The zero-order valence-corrected chi connectivity index (χ0v) is 17.8. The van der Waals surface area contributed by atoms with E-state index in [1.807, 2.05) is 26.8 Å².